The van der Waals surface area contributed by atoms with Crippen molar-refractivity contribution < 1.29 is 22.4 Å². The third-order valence-electron chi connectivity index (χ3n) is 2.19. The predicted octanol–water partition coefficient (Wildman–Crippen LogP) is 3.60. The first-order chi connectivity index (χ1) is 8.88. The van der Waals surface area contributed by atoms with E-state index in [1.165, 1.54) is 6.07 Å². The number of benzene rings is 1. The monoisotopic (exact) mass is 290 g/mol. The van der Waals surface area contributed by atoms with Gasteiger partial charge in [-0.3, -0.25) is 4.79 Å². The lowest BCUT2D eigenvalue weighted by Crippen LogP contribution is -2.13. The Morgan fingerprint density at radius 2 is 2.11 bits per heavy atom. The van der Waals surface area contributed by atoms with E-state index in [-0.39, 0.29) is 11.4 Å². The topological polar surface area (TPSA) is 55.1 Å². The molecule has 0 radical (unpaired) electrons. The molecule has 0 aliphatic carbocycles. The maximum absolute atomic E-state index is 12.6. The van der Waals surface area contributed by atoms with Gasteiger partial charge < -0.3 is 9.73 Å². The van der Waals surface area contributed by atoms with Crippen LogP contribution in [0.25, 0.3) is 0 Å². The first-order valence-electron chi connectivity index (χ1n) is 4.94. The number of anilines is 1. The van der Waals surface area contributed by atoms with Gasteiger partial charge in [-0.15, -0.1) is 0 Å². The number of nitrogens with one attached hydrogen (secondary N) is 1. The average molecular weight is 291 g/mol. The van der Waals surface area contributed by atoms with Crippen LogP contribution in [0.5, 0.6) is 0 Å². The van der Waals surface area contributed by atoms with Gasteiger partial charge in [0.1, 0.15) is 6.26 Å². The average Bonchev–Trinajstić information content (AvgIpc) is 2.83. The third-order valence-corrected chi connectivity index (χ3v) is 2.52. The van der Waals surface area contributed by atoms with Gasteiger partial charge in [-0.25, -0.2) is 4.98 Å². The SMILES string of the molecule is O=C(Nc1ccc(Cl)c(C(F)(F)F)c1)c1cocn1. The number of oxazole rings is 1. The van der Waals surface area contributed by atoms with Gasteiger partial charge in [0.05, 0.1) is 10.6 Å². The van der Waals surface area contributed by atoms with Crippen molar-refractivity contribution in [3.63, 3.8) is 0 Å². The van der Waals surface area contributed by atoms with Crippen molar-refractivity contribution in [1.82, 2.24) is 4.98 Å². The maximum atomic E-state index is 12.6. The van der Waals surface area contributed by atoms with Crippen LogP contribution in [0.15, 0.2) is 35.3 Å². The van der Waals surface area contributed by atoms with Crippen LogP contribution in [0.1, 0.15) is 16.1 Å². The Morgan fingerprint density at radius 3 is 2.68 bits per heavy atom. The molecule has 2 aromatic rings. The minimum Gasteiger partial charge on any atom is -0.451 e. The molecular weight excluding hydrogens is 285 g/mol. The fraction of sp³-hybridized carbons (Fsp3) is 0.0909. The lowest BCUT2D eigenvalue weighted by Gasteiger charge is -2.11. The zero-order chi connectivity index (χ0) is 14.0. The molecule has 4 nitrogen and oxygen atoms in total. The summed E-state index contributed by atoms with van der Waals surface area (Å²) in [7, 11) is 0. The van der Waals surface area contributed by atoms with Gasteiger partial charge in [-0.1, -0.05) is 11.6 Å². The molecule has 0 saturated heterocycles. The molecule has 8 heteroatoms. The zero-order valence-electron chi connectivity index (χ0n) is 9.16. The zero-order valence-corrected chi connectivity index (χ0v) is 9.92. The number of hydrogen-bond acceptors (Lipinski definition) is 3. The van der Waals surface area contributed by atoms with Crippen LogP contribution in [0, 0.1) is 0 Å². The summed E-state index contributed by atoms with van der Waals surface area (Å²) in [5.74, 6) is -0.677. The summed E-state index contributed by atoms with van der Waals surface area (Å²) in [5.41, 5.74) is -1.10. The first-order valence-corrected chi connectivity index (χ1v) is 5.32. The van der Waals surface area contributed by atoms with E-state index >= 15 is 0 Å². The Bertz CT molecular complexity index is 596. The Kier molecular flexibility index (Phi) is 3.48. The highest BCUT2D eigenvalue weighted by Gasteiger charge is 2.33. The molecule has 1 aromatic carbocycles. The van der Waals surface area contributed by atoms with E-state index in [9.17, 15) is 18.0 Å². The molecule has 100 valence electrons. The van der Waals surface area contributed by atoms with Crippen LogP contribution in [0.3, 0.4) is 0 Å². The van der Waals surface area contributed by atoms with Crippen LogP contribution in [-0.4, -0.2) is 10.9 Å². The van der Waals surface area contributed by atoms with E-state index in [1.807, 2.05) is 0 Å². The van der Waals surface area contributed by atoms with Crippen LogP contribution < -0.4 is 5.32 Å². The van der Waals surface area contributed by atoms with Crippen molar-refractivity contribution in [2.24, 2.45) is 0 Å². The summed E-state index contributed by atoms with van der Waals surface area (Å²) >= 11 is 5.46. The normalized spacial score (nSPS) is 11.4. The second-order valence-corrected chi connectivity index (χ2v) is 3.93. The number of alkyl halides is 3. The number of nitrogens with zero attached hydrogens (tertiary/aromatic N) is 1. The Morgan fingerprint density at radius 1 is 1.37 bits per heavy atom. The molecule has 0 aliphatic heterocycles. The molecule has 1 N–H and O–H groups in total. The first kappa shape index (κ1) is 13.4. The van der Waals surface area contributed by atoms with Crippen molar-refractivity contribution in [2.45, 2.75) is 6.18 Å². The molecule has 19 heavy (non-hydrogen) atoms. The summed E-state index contributed by atoms with van der Waals surface area (Å²) in [6.07, 6.45) is -2.47. The standard InChI is InChI=1S/C11H6ClF3N2O2/c12-8-2-1-6(3-7(8)11(13,14)15)17-10(18)9-4-19-5-16-9/h1-5H,(H,17,18). The summed E-state index contributed by atoms with van der Waals surface area (Å²) in [4.78, 5) is 15.1. The molecular formula is C11H6ClF3N2O2. The molecule has 0 bridgehead atoms. The van der Waals surface area contributed by atoms with Gasteiger partial charge in [0.2, 0.25) is 0 Å². The smallest absolute Gasteiger partial charge is 0.417 e. The van der Waals surface area contributed by atoms with Gasteiger partial charge in [0.25, 0.3) is 5.91 Å². The third kappa shape index (κ3) is 3.05. The fourth-order valence-corrected chi connectivity index (χ4v) is 1.56. The van der Waals surface area contributed by atoms with Crippen LogP contribution in [0.2, 0.25) is 5.02 Å². The largest absolute Gasteiger partial charge is 0.451 e. The van der Waals surface area contributed by atoms with E-state index in [2.05, 4.69) is 14.7 Å². The minimum atomic E-state index is -4.59. The van der Waals surface area contributed by atoms with E-state index in [4.69, 9.17) is 11.6 Å². The minimum absolute atomic E-state index is 0.0373. The summed E-state index contributed by atoms with van der Waals surface area (Å²) < 4.78 is 42.4. The second-order valence-electron chi connectivity index (χ2n) is 3.52. The quantitative estimate of drug-likeness (QED) is 0.919. The van der Waals surface area contributed by atoms with E-state index < -0.39 is 22.7 Å². The van der Waals surface area contributed by atoms with E-state index in [0.717, 1.165) is 24.8 Å². The predicted molar refractivity (Wildman–Crippen MR) is 60.9 cm³/mol. The van der Waals surface area contributed by atoms with Gasteiger partial charge in [0.15, 0.2) is 12.1 Å². The summed E-state index contributed by atoms with van der Waals surface area (Å²) in [5, 5.41) is 1.83. The highest BCUT2D eigenvalue weighted by molar-refractivity contribution is 6.31. The van der Waals surface area contributed by atoms with Crippen LogP contribution in [-0.2, 0) is 6.18 Å². The number of carbonyl (C=O) groups excluding carboxylic acids is 1. The molecule has 0 spiro atoms. The van der Waals surface area contributed by atoms with Crippen molar-refractivity contribution in [2.75, 3.05) is 5.32 Å². The van der Waals surface area contributed by atoms with Crippen molar-refractivity contribution >= 4 is 23.2 Å². The number of rotatable bonds is 2. The molecule has 2 rings (SSSR count). The molecule has 1 aromatic heterocycles. The Hall–Kier alpha value is -2.02. The van der Waals surface area contributed by atoms with Gasteiger partial charge in [-0.2, -0.15) is 13.2 Å². The van der Waals surface area contributed by atoms with Crippen molar-refractivity contribution in [3.05, 3.63) is 47.1 Å². The Balaban J connectivity index is 2.25. The van der Waals surface area contributed by atoms with Crippen molar-refractivity contribution in [1.29, 1.82) is 0 Å². The lowest BCUT2D eigenvalue weighted by atomic mass is 10.2. The number of halogens is 4. The summed E-state index contributed by atoms with van der Waals surface area (Å²) in [6, 6.07) is 3.07. The molecule has 0 saturated carbocycles. The number of carbonyl (C=O) groups is 1. The number of hydrogen-bond donors (Lipinski definition) is 1. The highest BCUT2D eigenvalue weighted by Crippen LogP contribution is 2.36. The molecule has 1 amide bonds. The summed E-state index contributed by atoms with van der Waals surface area (Å²) in [6.45, 7) is 0. The van der Waals surface area contributed by atoms with Crippen molar-refractivity contribution in [3.8, 4) is 0 Å². The fourth-order valence-electron chi connectivity index (χ4n) is 1.34. The number of aromatic nitrogens is 1. The van der Waals surface area contributed by atoms with E-state index in [1.54, 1.807) is 0 Å². The molecule has 1 heterocycles. The molecule has 0 atom stereocenters. The highest BCUT2D eigenvalue weighted by atomic mass is 35.5. The number of amides is 1. The van der Waals surface area contributed by atoms with E-state index in [0.29, 0.717) is 0 Å². The van der Waals surface area contributed by atoms with Gasteiger partial charge >= 0.3 is 6.18 Å². The van der Waals surface area contributed by atoms with Gasteiger partial charge in [0, 0.05) is 5.69 Å². The Labute approximate surface area is 110 Å². The molecule has 0 unspecified atom stereocenters. The second kappa shape index (κ2) is 4.93. The molecule has 0 fully saturated rings. The maximum Gasteiger partial charge on any atom is 0.417 e. The molecule has 0 aliphatic rings. The van der Waals surface area contributed by atoms with Crippen LogP contribution >= 0.6 is 11.6 Å². The van der Waals surface area contributed by atoms with Gasteiger partial charge in [-0.05, 0) is 18.2 Å². The van der Waals surface area contributed by atoms with Crippen LogP contribution in [0.4, 0.5) is 18.9 Å². The lowest BCUT2D eigenvalue weighted by molar-refractivity contribution is -0.137.